The van der Waals surface area contributed by atoms with Gasteiger partial charge in [0, 0.05) is 26.7 Å². The van der Waals surface area contributed by atoms with Crippen molar-refractivity contribution in [2.45, 2.75) is 13.0 Å². The predicted octanol–water partition coefficient (Wildman–Crippen LogP) is -0.458. The topological polar surface area (TPSA) is 85.8 Å². The molecule has 2 rings (SSSR count). The first-order chi connectivity index (χ1) is 7.59. The van der Waals surface area contributed by atoms with Crippen molar-refractivity contribution in [2.24, 2.45) is 12.8 Å². The van der Waals surface area contributed by atoms with Gasteiger partial charge in [-0.3, -0.25) is 0 Å². The van der Waals surface area contributed by atoms with Gasteiger partial charge in [-0.25, -0.2) is 14.6 Å². The Morgan fingerprint density at radius 3 is 2.94 bits per heavy atom. The summed E-state index contributed by atoms with van der Waals surface area (Å²) in [4.78, 5) is 10.3. The van der Waals surface area contributed by atoms with Gasteiger partial charge in [0.25, 0.3) is 0 Å². The van der Waals surface area contributed by atoms with E-state index in [2.05, 4.69) is 20.3 Å². The first kappa shape index (κ1) is 10.7. The van der Waals surface area contributed by atoms with Gasteiger partial charge in [-0.2, -0.15) is 0 Å². The molecule has 0 aliphatic carbocycles. The zero-order valence-corrected chi connectivity index (χ0v) is 9.62. The number of hydrogen-bond acceptors (Lipinski definition) is 6. The van der Waals surface area contributed by atoms with Gasteiger partial charge in [0.05, 0.1) is 0 Å². The molecule has 0 saturated carbocycles. The fourth-order valence-electron chi connectivity index (χ4n) is 1.68. The van der Waals surface area contributed by atoms with Crippen LogP contribution in [-0.2, 0) is 7.05 Å². The van der Waals surface area contributed by atoms with Crippen molar-refractivity contribution in [2.75, 3.05) is 18.5 Å². The standard InChI is InChI=1S/C9H15N7/c1-6(10)4-15(2)9-7-8(11-5-12-9)13-14-16(7)3/h5-6H,4,10H2,1-3H3. The molecule has 0 aliphatic heterocycles. The number of rotatable bonds is 3. The summed E-state index contributed by atoms with van der Waals surface area (Å²) in [5, 5.41) is 7.87. The molecule has 16 heavy (non-hydrogen) atoms. The molecule has 1 atom stereocenters. The van der Waals surface area contributed by atoms with Crippen molar-refractivity contribution in [3.8, 4) is 0 Å². The number of fused-ring (bicyclic) bond motifs is 1. The predicted molar refractivity (Wildman–Crippen MR) is 61.0 cm³/mol. The Labute approximate surface area is 93.3 Å². The number of likely N-dealkylation sites (N-methyl/N-ethyl adjacent to an activating group) is 1. The second-order valence-electron chi connectivity index (χ2n) is 3.94. The highest BCUT2D eigenvalue weighted by Gasteiger charge is 2.14. The van der Waals surface area contributed by atoms with Crippen LogP contribution in [0.1, 0.15) is 6.92 Å². The minimum atomic E-state index is 0.0798. The van der Waals surface area contributed by atoms with E-state index in [1.165, 1.54) is 6.33 Å². The van der Waals surface area contributed by atoms with E-state index in [0.717, 1.165) is 17.9 Å². The van der Waals surface area contributed by atoms with E-state index in [4.69, 9.17) is 5.73 Å². The van der Waals surface area contributed by atoms with Gasteiger partial charge in [0.2, 0.25) is 5.65 Å². The van der Waals surface area contributed by atoms with Gasteiger partial charge in [-0.1, -0.05) is 5.21 Å². The fourth-order valence-corrected chi connectivity index (χ4v) is 1.68. The Kier molecular flexibility index (Phi) is 2.69. The maximum atomic E-state index is 5.76. The lowest BCUT2D eigenvalue weighted by Gasteiger charge is -2.20. The molecule has 0 aliphatic rings. The van der Waals surface area contributed by atoms with Gasteiger partial charge in [-0.15, -0.1) is 5.10 Å². The van der Waals surface area contributed by atoms with Crippen LogP contribution in [-0.4, -0.2) is 44.6 Å². The van der Waals surface area contributed by atoms with Crippen LogP contribution in [0.15, 0.2) is 6.33 Å². The van der Waals surface area contributed by atoms with Crippen LogP contribution >= 0.6 is 0 Å². The molecule has 2 aromatic heterocycles. The van der Waals surface area contributed by atoms with E-state index in [0.29, 0.717) is 5.65 Å². The quantitative estimate of drug-likeness (QED) is 0.755. The lowest BCUT2D eigenvalue weighted by atomic mass is 10.3. The van der Waals surface area contributed by atoms with Crippen molar-refractivity contribution in [3.05, 3.63) is 6.33 Å². The molecular formula is C9H15N7. The molecule has 86 valence electrons. The summed E-state index contributed by atoms with van der Waals surface area (Å²) < 4.78 is 1.67. The van der Waals surface area contributed by atoms with Crippen molar-refractivity contribution in [1.82, 2.24) is 25.0 Å². The molecule has 0 aromatic carbocycles. The highest BCUT2D eigenvalue weighted by Crippen LogP contribution is 2.18. The lowest BCUT2D eigenvalue weighted by molar-refractivity contribution is 0.705. The van der Waals surface area contributed by atoms with Gasteiger partial charge in [-0.05, 0) is 6.92 Å². The summed E-state index contributed by atoms with van der Waals surface area (Å²) in [6, 6.07) is 0.0798. The third-order valence-electron chi connectivity index (χ3n) is 2.30. The second kappa shape index (κ2) is 4.01. The molecule has 7 heteroatoms. The smallest absolute Gasteiger partial charge is 0.207 e. The molecule has 2 N–H and O–H groups in total. The maximum Gasteiger partial charge on any atom is 0.207 e. The monoisotopic (exact) mass is 221 g/mol. The summed E-state index contributed by atoms with van der Waals surface area (Å²) >= 11 is 0. The molecule has 0 spiro atoms. The van der Waals surface area contributed by atoms with Crippen LogP contribution < -0.4 is 10.6 Å². The number of aromatic nitrogens is 5. The molecule has 0 bridgehead atoms. The Balaban J connectivity index is 2.47. The summed E-state index contributed by atoms with van der Waals surface area (Å²) in [5.41, 5.74) is 7.19. The maximum absolute atomic E-state index is 5.76. The van der Waals surface area contributed by atoms with Gasteiger partial charge in [0.15, 0.2) is 5.82 Å². The molecule has 0 saturated heterocycles. The Bertz CT molecular complexity index is 490. The highest BCUT2D eigenvalue weighted by atomic mass is 15.4. The number of nitrogens with zero attached hydrogens (tertiary/aromatic N) is 6. The number of hydrogen-bond donors (Lipinski definition) is 1. The van der Waals surface area contributed by atoms with Crippen molar-refractivity contribution < 1.29 is 0 Å². The third-order valence-corrected chi connectivity index (χ3v) is 2.30. The Morgan fingerprint density at radius 2 is 2.25 bits per heavy atom. The average molecular weight is 221 g/mol. The molecular weight excluding hydrogens is 206 g/mol. The third kappa shape index (κ3) is 1.81. The fraction of sp³-hybridized carbons (Fsp3) is 0.556. The van der Waals surface area contributed by atoms with E-state index in [-0.39, 0.29) is 6.04 Å². The van der Waals surface area contributed by atoms with E-state index in [1.807, 2.05) is 25.9 Å². The number of anilines is 1. The number of nitrogens with two attached hydrogens (primary N) is 1. The van der Waals surface area contributed by atoms with Crippen molar-refractivity contribution in [1.29, 1.82) is 0 Å². The van der Waals surface area contributed by atoms with Crippen LogP contribution in [0, 0.1) is 0 Å². The van der Waals surface area contributed by atoms with Gasteiger partial charge in [0.1, 0.15) is 11.8 Å². The Hall–Kier alpha value is -1.76. The summed E-state index contributed by atoms with van der Waals surface area (Å²) in [6.07, 6.45) is 1.49. The second-order valence-corrected chi connectivity index (χ2v) is 3.94. The number of aryl methyl sites for hydroxylation is 1. The zero-order valence-electron chi connectivity index (χ0n) is 9.62. The van der Waals surface area contributed by atoms with Crippen LogP contribution in [0.25, 0.3) is 11.2 Å². The van der Waals surface area contributed by atoms with E-state index < -0.39 is 0 Å². The summed E-state index contributed by atoms with van der Waals surface area (Å²) in [5.74, 6) is 0.801. The largest absolute Gasteiger partial charge is 0.356 e. The average Bonchev–Trinajstić information content (AvgIpc) is 2.59. The molecule has 1 unspecified atom stereocenters. The van der Waals surface area contributed by atoms with Crippen molar-refractivity contribution >= 4 is 17.0 Å². The highest BCUT2D eigenvalue weighted by molar-refractivity contribution is 5.82. The van der Waals surface area contributed by atoms with Gasteiger partial charge < -0.3 is 10.6 Å². The first-order valence-electron chi connectivity index (χ1n) is 5.06. The Morgan fingerprint density at radius 1 is 1.50 bits per heavy atom. The van der Waals surface area contributed by atoms with Crippen LogP contribution in [0.5, 0.6) is 0 Å². The van der Waals surface area contributed by atoms with E-state index in [9.17, 15) is 0 Å². The van der Waals surface area contributed by atoms with E-state index in [1.54, 1.807) is 4.68 Å². The van der Waals surface area contributed by atoms with Crippen molar-refractivity contribution in [3.63, 3.8) is 0 Å². The van der Waals surface area contributed by atoms with E-state index >= 15 is 0 Å². The summed E-state index contributed by atoms with van der Waals surface area (Å²) in [7, 11) is 3.76. The van der Waals surface area contributed by atoms with Crippen LogP contribution in [0.2, 0.25) is 0 Å². The zero-order chi connectivity index (χ0) is 11.7. The minimum Gasteiger partial charge on any atom is -0.356 e. The molecule has 7 nitrogen and oxygen atoms in total. The molecule has 0 fully saturated rings. The molecule has 2 aromatic rings. The first-order valence-corrected chi connectivity index (χ1v) is 5.06. The lowest BCUT2D eigenvalue weighted by Crippen LogP contribution is -2.33. The summed E-state index contributed by atoms with van der Waals surface area (Å²) in [6.45, 7) is 2.67. The molecule has 0 radical (unpaired) electrons. The normalized spacial score (nSPS) is 13.0. The van der Waals surface area contributed by atoms with Gasteiger partial charge >= 0.3 is 0 Å². The molecule has 2 heterocycles. The van der Waals surface area contributed by atoms with Crippen LogP contribution in [0.3, 0.4) is 0 Å². The SMILES string of the molecule is CC(N)CN(C)c1ncnc2nnn(C)c12. The molecule has 0 amide bonds. The minimum absolute atomic E-state index is 0.0798. The van der Waals surface area contributed by atoms with Crippen LogP contribution in [0.4, 0.5) is 5.82 Å².